The second-order valence-corrected chi connectivity index (χ2v) is 7.96. The van der Waals surface area contributed by atoms with Crippen LogP contribution in [0.25, 0.3) is 11.1 Å². The van der Waals surface area contributed by atoms with Gasteiger partial charge in [0, 0.05) is 5.56 Å². The van der Waals surface area contributed by atoms with Crippen molar-refractivity contribution in [2.75, 3.05) is 0 Å². The molecule has 0 saturated carbocycles. The summed E-state index contributed by atoms with van der Waals surface area (Å²) in [5, 5.41) is 9.28. The van der Waals surface area contributed by atoms with Crippen LogP contribution in [0.4, 0.5) is 0 Å². The average molecular weight is 418 g/mol. The summed E-state index contributed by atoms with van der Waals surface area (Å²) in [7, 11) is 0. The zero-order valence-corrected chi connectivity index (χ0v) is 18.1. The van der Waals surface area contributed by atoms with Gasteiger partial charge in [0.15, 0.2) is 5.60 Å². The van der Waals surface area contributed by atoms with Crippen LogP contribution in [0.2, 0.25) is 0 Å². The summed E-state index contributed by atoms with van der Waals surface area (Å²) >= 11 is 0. The highest BCUT2D eigenvalue weighted by atomic mass is 16.5. The van der Waals surface area contributed by atoms with Crippen LogP contribution in [0.5, 0.6) is 11.5 Å². The maximum Gasteiger partial charge on any atom is 0.347 e. The number of hydrogen-bond acceptors (Lipinski definition) is 4. The third-order valence-corrected chi connectivity index (χ3v) is 5.23. The average Bonchev–Trinajstić information content (AvgIpc) is 2.73. The standard InChI is InChI=1S/C26H26O5/c1-17-14-22(31-26(3,4)25(28)29)12-13-23(17)24-7-5-6-20(18(24)2)16-30-21-10-8-19(15-27)9-11-21/h5-15H,16H2,1-4H3,(H,28,29). The Bertz CT molecular complexity index is 1100. The largest absolute Gasteiger partial charge is 0.489 e. The van der Waals surface area contributed by atoms with E-state index in [9.17, 15) is 14.7 Å². The van der Waals surface area contributed by atoms with E-state index in [0.717, 1.165) is 34.1 Å². The Kier molecular flexibility index (Phi) is 6.44. The summed E-state index contributed by atoms with van der Waals surface area (Å²) in [6.45, 7) is 7.50. The van der Waals surface area contributed by atoms with Gasteiger partial charge >= 0.3 is 5.97 Å². The van der Waals surface area contributed by atoms with Crippen LogP contribution in [0, 0.1) is 13.8 Å². The van der Waals surface area contributed by atoms with Crippen LogP contribution >= 0.6 is 0 Å². The molecule has 0 heterocycles. The highest BCUT2D eigenvalue weighted by Crippen LogP contribution is 2.32. The summed E-state index contributed by atoms with van der Waals surface area (Å²) in [6, 6.07) is 18.7. The summed E-state index contributed by atoms with van der Waals surface area (Å²) < 4.78 is 11.5. The minimum atomic E-state index is -1.30. The number of ether oxygens (including phenoxy) is 2. The van der Waals surface area contributed by atoms with Gasteiger partial charge in [0.2, 0.25) is 0 Å². The van der Waals surface area contributed by atoms with Gasteiger partial charge in [-0.05, 0) is 91.9 Å². The van der Waals surface area contributed by atoms with Crippen LogP contribution in [0.3, 0.4) is 0 Å². The second kappa shape index (κ2) is 9.04. The van der Waals surface area contributed by atoms with Crippen molar-refractivity contribution in [3.8, 4) is 22.6 Å². The monoisotopic (exact) mass is 418 g/mol. The lowest BCUT2D eigenvalue weighted by atomic mass is 9.93. The molecule has 0 radical (unpaired) electrons. The first-order chi connectivity index (χ1) is 14.7. The molecule has 0 aromatic heterocycles. The number of rotatable bonds is 8. The molecule has 3 rings (SSSR count). The molecule has 0 amide bonds. The van der Waals surface area contributed by atoms with Crippen molar-refractivity contribution in [3.63, 3.8) is 0 Å². The van der Waals surface area contributed by atoms with Gasteiger partial charge in [-0.15, -0.1) is 0 Å². The molecular weight excluding hydrogens is 392 g/mol. The van der Waals surface area contributed by atoms with Gasteiger partial charge in [-0.25, -0.2) is 4.79 Å². The van der Waals surface area contributed by atoms with Crippen molar-refractivity contribution in [3.05, 3.63) is 82.9 Å². The molecule has 3 aromatic rings. The molecule has 5 heteroatoms. The fourth-order valence-electron chi connectivity index (χ4n) is 3.28. The summed E-state index contributed by atoms with van der Waals surface area (Å²) in [6.07, 6.45) is 0.804. The van der Waals surface area contributed by atoms with E-state index in [0.29, 0.717) is 23.7 Å². The summed E-state index contributed by atoms with van der Waals surface area (Å²) in [4.78, 5) is 22.1. The van der Waals surface area contributed by atoms with Crippen LogP contribution < -0.4 is 9.47 Å². The van der Waals surface area contributed by atoms with E-state index in [1.807, 2.05) is 31.2 Å². The Balaban J connectivity index is 1.81. The van der Waals surface area contributed by atoms with Gasteiger partial charge in [-0.2, -0.15) is 0 Å². The second-order valence-electron chi connectivity index (χ2n) is 7.96. The predicted molar refractivity (Wildman–Crippen MR) is 120 cm³/mol. The number of carboxylic acid groups (broad SMARTS) is 1. The van der Waals surface area contributed by atoms with E-state index < -0.39 is 11.6 Å². The van der Waals surface area contributed by atoms with Crippen LogP contribution in [0.15, 0.2) is 60.7 Å². The first kappa shape index (κ1) is 22.1. The van der Waals surface area contributed by atoms with Gasteiger partial charge in [0.05, 0.1) is 0 Å². The number of aryl methyl sites for hydroxylation is 1. The Labute approximate surface area is 182 Å². The van der Waals surface area contributed by atoms with Crippen molar-refractivity contribution in [1.82, 2.24) is 0 Å². The lowest BCUT2D eigenvalue weighted by Gasteiger charge is -2.22. The zero-order valence-electron chi connectivity index (χ0n) is 18.1. The molecule has 160 valence electrons. The third kappa shape index (κ3) is 5.12. The van der Waals surface area contributed by atoms with Gasteiger partial charge < -0.3 is 14.6 Å². The first-order valence-electron chi connectivity index (χ1n) is 10.0. The molecule has 5 nitrogen and oxygen atoms in total. The number of benzene rings is 3. The SMILES string of the molecule is Cc1cc(OC(C)(C)C(=O)O)ccc1-c1cccc(COc2ccc(C=O)cc2)c1C. The number of hydrogen-bond donors (Lipinski definition) is 1. The maximum atomic E-state index is 11.3. The molecule has 0 fully saturated rings. The number of carbonyl (C=O) groups excluding carboxylic acids is 1. The molecule has 0 spiro atoms. The quantitative estimate of drug-likeness (QED) is 0.482. The van der Waals surface area contributed by atoms with Gasteiger partial charge in [-0.1, -0.05) is 24.3 Å². The molecule has 0 bridgehead atoms. The van der Waals surface area contributed by atoms with E-state index in [1.165, 1.54) is 13.8 Å². The molecular formula is C26H26O5. The fraction of sp³-hybridized carbons (Fsp3) is 0.231. The Morgan fingerprint density at radius 2 is 1.65 bits per heavy atom. The van der Waals surface area contributed by atoms with Crippen molar-refractivity contribution in [2.45, 2.75) is 39.9 Å². The smallest absolute Gasteiger partial charge is 0.347 e. The van der Waals surface area contributed by atoms with Crippen LogP contribution in [0.1, 0.15) is 40.9 Å². The molecule has 1 N–H and O–H groups in total. The van der Waals surface area contributed by atoms with E-state index in [-0.39, 0.29) is 0 Å². The zero-order chi connectivity index (χ0) is 22.6. The summed E-state index contributed by atoms with van der Waals surface area (Å²) in [5.41, 5.74) is 4.60. The van der Waals surface area contributed by atoms with Crippen LogP contribution in [-0.4, -0.2) is 23.0 Å². The third-order valence-electron chi connectivity index (χ3n) is 5.23. The van der Waals surface area contributed by atoms with E-state index >= 15 is 0 Å². The molecule has 0 aliphatic rings. The lowest BCUT2D eigenvalue weighted by Crippen LogP contribution is -2.37. The van der Waals surface area contributed by atoms with Crippen molar-refractivity contribution in [1.29, 1.82) is 0 Å². The van der Waals surface area contributed by atoms with Gasteiger partial charge in [0.1, 0.15) is 24.4 Å². The van der Waals surface area contributed by atoms with Gasteiger partial charge in [-0.3, -0.25) is 4.79 Å². The molecule has 0 aliphatic carbocycles. The Morgan fingerprint density at radius 3 is 2.26 bits per heavy atom. The summed E-state index contributed by atoms with van der Waals surface area (Å²) in [5.74, 6) is 0.206. The molecule has 0 unspecified atom stereocenters. The minimum Gasteiger partial charge on any atom is -0.489 e. The number of carbonyl (C=O) groups is 2. The van der Waals surface area contributed by atoms with E-state index in [4.69, 9.17) is 9.47 Å². The van der Waals surface area contributed by atoms with Gasteiger partial charge in [0.25, 0.3) is 0 Å². The van der Waals surface area contributed by atoms with Crippen molar-refractivity contribution in [2.24, 2.45) is 0 Å². The van der Waals surface area contributed by atoms with E-state index in [2.05, 4.69) is 13.0 Å². The highest BCUT2D eigenvalue weighted by molar-refractivity contribution is 5.77. The number of aliphatic carboxylic acids is 1. The van der Waals surface area contributed by atoms with Crippen molar-refractivity contribution >= 4 is 12.3 Å². The fourth-order valence-corrected chi connectivity index (χ4v) is 3.28. The molecule has 0 saturated heterocycles. The minimum absolute atomic E-state index is 0.410. The Hall–Kier alpha value is -3.60. The molecule has 0 atom stereocenters. The highest BCUT2D eigenvalue weighted by Gasteiger charge is 2.29. The van der Waals surface area contributed by atoms with Crippen molar-refractivity contribution < 1.29 is 24.2 Å². The molecule has 3 aromatic carbocycles. The number of aldehydes is 1. The van der Waals surface area contributed by atoms with E-state index in [1.54, 1.807) is 30.3 Å². The van der Waals surface area contributed by atoms with Crippen LogP contribution in [-0.2, 0) is 11.4 Å². The predicted octanol–water partition coefficient (Wildman–Crippen LogP) is 5.60. The number of carboxylic acids is 1. The Morgan fingerprint density at radius 1 is 0.968 bits per heavy atom. The molecule has 31 heavy (non-hydrogen) atoms. The maximum absolute atomic E-state index is 11.3. The normalized spacial score (nSPS) is 11.1. The molecule has 0 aliphatic heterocycles. The topological polar surface area (TPSA) is 72.8 Å². The first-order valence-corrected chi connectivity index (χ1v) is 10.0. The lowest BCUT2D eigenvalue weighted by molar-refractivity contribution is -0.152.